The number of para-hydroxylation sites is 1. The third-order valence-electron chi connectivity index (χ3n) is 5.07. The molecule has 0 saturated heterocycles. The van der Waals surface area contributed by atoms with Crippen molar-refractivity contribution in [3.8, 4) is 0 Å². The Bertz CT molecular complexity index is 1060. The molecule has 0 fully saturated rings. The minimum atomic E-state index is -0.0924. The van der Waals surface area contributed by atoms with E-state index < -0.39 is 0 Å². The minimum absolute atomic E-state index is 0.0924. The number of thioether (sulfide) groups is 1. The van der Waals surface area contributed by atoms with Gasteiger partial charge in [-0.3, -0.25) is 4.79 Å². The van der Waals surface area contributed by atoms with E-state index in [0.29, 0.717) is 23.5 Å². The van der Waals surface area contributed by atoms with Gasteiger partial charge in [0.2, 0.25) is 5.91 Å². The van der Waals surface area contributed by atoms with Crippen molar-refractivity contribution in [2.45, 2.75) is 45.1 Å². The first-order valence-electron chi connectivity index (χ1n) is 9.60. The van der Waals surface area contributed by atoms with Crippen LogP contribution in [0.3, 0.4) is 0 Å². The summed E-state index contributed by atoms with van der Waals surface area (Å²) in [5.41, 5.74) is 9.37. The van der Waals surface area contributed by atoms with Gasteiger partial charge in [0.05, 0.1) is 23.8 Å². The van der Waals surface area contributed by atoms with E-state index in [9.17, 15) is 4.79 Å². The number of ether oxygens (including phenoxy) is 1. The smallest absolute Gasteiger partial charge is 0.234 e. The van der Waals surface area contributed by atoms with Crippen molar-refractivity contribution in [1.29, 1.82) is 0 Å². The van der Waals surface area contributed by atoms with Crippen molar-refractivity contribution >= 4 is 50.7 Å². The summed E-state index contributed by atoms with van der Waals surface area (Å²) in [4.78, 5) is 23.5. The lowest BCUT2D eigenvalue weighted by Gasteiger charge is -2.26. The minimum Gasteiger partial charge on any atom is -0.383 e. The van der Waals surface area contributed by atoms with Crippen LogP contribution in [0.2, 0.25) is 0 Å². The van der Waals surface area contributed by atoms with E-state index in [1.165, 1.54) is 22.2 Å². The summed E-state index contributed by atoms with van der Waals surface area (Å²) in [5.74, 6) is 1.06. The van der Waals surface area contributed by atoms with Crippen molar-refractivity contribution in [3.05, 3.63) is 40.3 Å². The number of carbonyl (C=O) groups is 1. The average Bonchev–Trinajstić information content (AvgIpc) is 3.06. The lowest BCUT2D eigenvalue weighted by Crippen LogP contribution is -2.26. The van der Waals surface area contributed by atoms with Crippen molar-refractivity contribution in [1.82, 2.24) is 9.97 Å². The van der Waals surface area contributed by atoms with Crippen LogP contribution in [0, 0.1) is 12.8 Å². The highest BCUT2D eigenvalue weighted by Gasteiger charge is 2.27. The number of nitrogens with zero attached hydrogens (tertiary/aromatic N) is 2. The van der Waals surface area contributed by atoms with Crippen molar-refractivity contribution < 1.29 is 9.53 Å². The Labute approximate surface area is 178 Å². The van der Waals surface area contributed by atoms with E-state index in [0.717, 1.165) is 27.9 Å². The number of aryl methyl sites for hydroxylation is 1. The van der Waals surface area contributed by atoms with Crippen LogP contribution in [0.5, 0.6) is 0 Å². The van der Waals surface area contributed by atoms with Crippen LogP contribution in [0.1, 0.15) is 29.9 Å². The summed E-state index contributed by atoms with van der Waals surface area (Å²) in [7, 11) is 0. The molecule has 152 valence electrons. The Hall–Kier alpha value is -2.16. The summed E-state index contributed by atoms with van der Waals surface area (Å²) in [6.45, 7) is 6.90. The van der Waals surface area contributed by atoms with Crippen LogP contribution in [0.15, 0.2) is 29.4 Å². The zero-order valence-electron chi connectivity index (χ0n) is 16.7. The Balaban J connectivity index is 1.50. The molecule has 1 amide bonds. The molecule has 1 aliphatic rings. The number of nitrogens with one attached hydrogen (secondary N) is 1. The molecule has 1 unspecified atom stereocenters. The molecule has 1 aliphatic heterocycles. The maximum Gasteiger partial charge on any atom is 0.234 e. The van der Waals surface area contributed by atoms with Crippen molar-refractivity contribution in [2.75, 3.05) is 16.8 Å². The molecule has 4 rings (SSSR count). The summed E-state index contributed by atoms with van der Waals surface area (Å²) < 4.78 is 5.97. The zero-order valence-corrected chi connectivity index (χ0v) is 18.3. The molecule has 8 heteroatoms. The first kappa shape index (κ1) is 20.1. The number of nitrogens with two attached hydrogens (primary N) is 1. The third kappa shape index (κ3) is 4.24. The fourth-order valence-electron chi connectivity index (χ4n) is 3.41. The van der Waals surface area contributed by atoms with Crippen LogP contribution < -0.4 is 11.1 Å². The van der Waals surface area contributed by atoms with E-state index in [4.69, 9.17) is 10.5 Å². The summed E-state index contributed by atoms with van der Waals surface area (Å²) in [6, 6.07) is 7.70. The van der Waals surface area contributed by atoms with Crippen LogP contribution in [-0.4, -0.2) is 27.7 Å². The van der Waals surface area contributed by atoms with Gasteiger partial charge < -0.3 is 15.8 Å². The van der Waals surface area contributed by atoms with E-state index in [-0.39, 0.29) is 17.8 Å². The first-order chi connectivity index (χ1) is 13.9. The largest absolute Gasteiger partial charge is 0.383 e. The molecular formula is C21H24N4O2S2. The van der Waals surface area contributed by atoms with Gasteiger partial charge in [-0.05, 0) is 30.0 Å². The lowest BCUT2D eigenvalue weighted by molar-refractivity contribution is -0.113. The molecule has 1 atom stereocenters. The monoisotopic (exact) mass is 428 g/mol. The second kappa shape index (κ2) is 8.30. The number of fused-ring (bicyclic) bond motifs is 3. The highest BCUT2D eigenvalue weighted by atomic mass is 32.2. The number of rotatable bonds is 5. The maximum absolute atomic E-state index is 12.3. The quantitative estimate of drug-likeness (QED) is 0.462. The van der Waals surface area contributed by atoms with E-state index >= 15 is 0 Å². The molecule has 0 bridgehead atoms. The number of hydrogen-bond donors (Lipinski definition) is 2. The summed E-state index contributed by atoms with van der Waals surface area (Å²) in [6.07, 6.45) is 1.03. The predicted molar refractivity (Wildman–Crippen MR) is 119 cm³/mol. The van der Waals surface area contributed by atoms with Crippen LogP contribution in [0.4, 0.5) is 11.5 Å². The van der Waals surface area contributed by atoms with E-state index in [1.807, 2.05) is 31.2 Å². The normalized spacial score (nSPS) is 16.2. The van der Waals surface area contributed by atoms with E-state index in [1.54, 1.807) is 11.3 Å². The topological polar surface area (TPSA) is 90.1 Å². The van der Waals surface area contributed by atoms with Gasteiger partial charge in [-0.15, -0.1) is 11.3 Å². The van der Waals surface area contributed by atoms with Gasteiger partial charge in [-0.2, -0.15) is 0 Å². The molecule has 3 aromatic rings. The van der Waals surface area contributed by atoms with Gasteiger partial charge in [-0.25, -0.2) is 9.97 Å². The highest BCUT2D eigenvalue weighted by molar-refractivity contribution is 7.99. The van der Waals surface area contributed by atoms with Gasteiger partial charge >= 0.3 is 0 Å². The molecular weight excluding hydrogens is 404 g/mol. The Kier molecular flexibility index (Phi) is 5.76. The van der Waals surface area contributed by atoms with Crippen molar-refractivity contribution in [2.24, 2.45) is 5.92 Å². The second-order valence-electron chi connectivity index (χ2n) is 7.52. The number of amides is 1. The molecule has 0 radical (unpaired) electrons. The fraction of sp³-hybridized carbons (Fsp3) is 0.381. The van der Waals surface area contributed by atoms with Gasteiger partial charge in [-0.1, -0.05) is 43.8 Å². The van der Waals surface area contributed by atoms with Gasteiger partial charge in [0, 0.05) is 17.0 Å². The second-order valence-corrected chi connectivity index (χ2v) is 9.55. The van der Waals surface area contributed by atoms with Crippen LogP contribution in [0.25, 0.3) is 10.2 Å². The Morgan fingerprint density at radius 3 is 2.93 bits per heavy atom. The predicted octanol–water partition coefficient (Wildman–Crippen LogP) is 4.41. The zero-order chi connectivity index (χ0) is 20.5. The molecule has 1 aromatic carbocycles. The molecule has 3 N–H and O–H groups in total. The standard InChI is InChI=1S/C21H24N4O2S2/c1-11(2)15-8-13-16(9-27-15)29-20-18(13)19(22)24-21(25-20)28-10-17(26)23-14-7-5-4-6-12(14)3/h4-7,11,15H,8-10H2,1-3H3,(H,23,26)(H2,22,24,25). The number of hydrogen-bond acceptors (Lipinski definition) is 7. The van der Waals surface area contributed by atoms with E-state index in [2.05, 4.69) is 29.1 Å². The first-order valence-corrected chi connectivity index (χ1v) is 11.4. The molecule has 2 aromatic heterocycles. The third-order valence-corrected chi connectivity index (χ3v) is 7.02. The Morgan fingerprint density at radius 2 is 2.17 bits per heavy atom. The highest BCUT2D eigenvalue weighted by Crippen LogP contribution is 2.39. The van der Waals surface area contributed by atoms with Gasteiger partial charge in [0.15, 0.2) is 5.16 Å². The number of benzene rings is 1. The summed E-state index contributed by atoms with van der Waals surface area (Å²) in [5, 5.41) is 4.40. The fourth-order valence-corrected chi connectivity index (χ4v) is 5.25. The Morgan fingerprint density at radius 1 is 1.38 bits per heavy atom. The maximum atomic E-state index is 12.3. The van der Waals surface area contributed by atoms with Gasteiger partial charge in [0.1, 0.15) is 10.6 Å². The number of anilines is 2. The van der Waals surface area contributed by atoms with Crippen LogP contribution in [-0.2, 0) is 22.6 Å². The molecule has 3 heterocycles. The number of carbonyl (C=O) groups excluding carboxylic acids is 1. The SMILES string of the molecule is Cc1ccccc1NC(=O)CSc1nc(N)c2c3c(sc2n1)COC(C(C)C)C3. The lowest BCUT2D eigenvalue weighted by atomic mass is 9.96. The molecule has 29 heavy (non-hydrogen) atoms. The number of aromatic nitrogens is 2. The van der Waals surface area contributed by atoms with Crippen LogP contribution >= 0.6 is 23.1 Å². The average molecular weight is 429 g/mol. The molecule has 0 spiro atoms. The van der Waals surface area contributed by atoms with Gasteiger partial charge in [0.25, 0.3) is 0 Å². The molecule has 0 saturated carbocycles. The summed E-state index contributed by atoms with van der Waals surface area (Å²) >= 11 is 2.91. The van der Waals surface area contributed by atoms with Crippen molar-refractivity contribution in [3.63, 3.8) is 0 Å². The molecule has 0 aliphatic carbocycles. The number of thiophene rings is 1. The number of nitrogen functional groups attached to an aromatic ring is 1. The molecule has 6 nitrogen and oxygen atoms in total.